The van der Waals surface area contributed by atoms with Gasteiger partial charge in [0.2, 0.25) is 0 Å². The fourth-order valence-electron chi connectivity index (χ4n) is 4.61. The average Bonchev–Trinajstić information content (AvgIpc) is 3.35. The molecule has 1 aliphatic rings. The van der Waals surface area contributed by atoms with Crippen LogP contribution in [0.5, 0.6) is 0 Å². The number of amides is 1. The highest BCUT2D eigenvalue weighted by Gasteiger charge is 2.20. The molecule has 3 aromatic rings. The van der Waals surface area contributed by atoms with E-state index in [0.29, 0.717) is 0 Å². The number of rotatable bonds is 7. The molecular weight excluding hydrogens is 426 g/mol. The second-order valence-electron chi connectivity index (χ2n) is 8.57. The fraction of sp³-hybridized carbons (Fsp3) is 0.321. The molecule has 2 N–H and O–H groups in total. The van der Waals surface area contributed by atoms with Gasteiger partial charge in [-0.2, -0.15) is 11.3 Å². The van der Waals surface area contributed by atoms with Crippen LogP contribution < -0.4 is 5.73 Å². The molecule has 0 radical (unpaired) electrons. The molecule has 2 heterocycles. The smallest absolute Gasteiger partial charge is 0.253 e. The summed E-state index contributed by atoms with van der Waals surface area (Å²) >= 11 is 1.76. The van der Waals surface area contributed by atoms with Crippen molar-refractivity contribution < 1.29 is 4.79 Å². The van der Waals surface area contributed by atoms with Gasteiger partial charge in [0.1, 0.15) is 0 Å². The zero-order chi connectivity index (χ0) is 23.2. The molecule has 1 aliphatic heterocycles. The molecule has 4 nitrogen and oxygen atoms in total. The molecule has 2 aromatic carbocycles. The Bertz CT molecular complexity index is 1090. The van der Waals surface area contributed by atoms with E-state index in [2.05, 4.69) is 46.0 Å². The maximum absolute atomic E-state index is 12.8. The van der Waals surface area contributed by atoms with Gasteiger partial charge in [-0.25, -0.2) is 0 Å². The number of anilines is 1. The number of likely N-dealkylation sites (tertiary alicyclic amines) is 1. The van der Waals surface area contributed by atoms with E-state index in [1.54, 1.807) is 11.3 Å². The molecule has 1 amide bonds. The van der Waals surface area contributed by atoms with Crippen molar-refractivity contribution >= 4 is 28.5 Å². The summed E-state index contributed by atoms with van der Waals surface area (Å²) in [6, 6.07) is 18.5. The first-order valence-electron chi connectivity index (χ1n) is 11.8. The van der Waals surface area contributed by atoms with Crippen LogP contribution in [0.1, 0.15) is 53.7 Å². The van der Waals surface area contributed by atoms with Crippen LogP contribution in [0, 0.1) is 0 Å². The van der Waals surface area contributed by atoms with Crippen molar-refractivity contribution in [3.63, 3.8) is 0 Å². The molecule has 1 saturated heterocycles. The van der Waals surface area contributed by atoms with Gasteiger partial charge < -0.3 is 10.6 Å². The normalized spacial score (nSPS) is 14.3. The van der Waals surface area contributed by atoms with E-state index in [1.165, 1.54) is 16.7 Å². The Hall–Kier alpha value is -2.89. The molecule has 172 valence electrons. The van der Waals surface area contributed by atoms with E-state index in [1.807, 2.05) is 43.0 Å². The highest BCUT2D eigenvalue weighted by Crippen LogP contribution is 2.33. The van der Waals surface area contributed by atoms with Gasteiger partial charge in [0.25, 0.3) is 5.91 Å². The van der Waals surface area contributed by atoms with Crippen molar-refractivity contribution in [1.29, 1.82) is 0 Å². The SMILES string of the molecule is CCN(CC)C(=O)c1ccc(C(=C2CCN(Cc3ccsc3)CC2)c2cccc(N)c2)cc1. The first-order chi connectivity index (χ1) is 16.1. The predicted octanol–water partition coefficient (Wildman–Crippen LogP) is 5.91. The zero-order valence-corrected chi connectivity index (χ0v) is 20.4. The second-order valence-corrected chi connectivity index (χ2v) is 9.35. The number of carbonyl (C=O) groups is 1. The lowest BCUT2D eigenvalue weighted by molar-refractivity contribution is 0.0773. The van der Waals surface area contributed by atoms with Gasteiger partial charge >= 0.3 is 0 Å². The third kappa shape index (κ3) is 5.55. The minimum absolute atomic E-state index is 0.0893. The monoisotopic (exact) mass is 459 g/mol. The van der Waals surface area contributed by atoms with Gasteiger partial charge in [-0.15, -0.1) is 0 Å². The van der Waals surface area contributed by atoms with E-state index in [0.717, 1.165) is 67.9 Å². The molecule has 0 unspecified atom stereocenters. The Morgan fingerprint density at radius 3 is 2.27 bits per heavy atom. The van der Waals surface area contributed by atoms with Crippen LogP contribution in [0.25, 0.3) is 5.57 Å². The van der Waals surface area contributed by atoms with Crippen LogP contribution in [-0.4, -0.2) is 41.9 Å². The number of nitrogens with zero attached hydrogens (tertiary/aromatic N) is 2. The number of benzene rings is 2. The summed E-state index contributed by atoms with van der Waals surface area (Å²) in [5, 5.41) is 4.39. The number of carbonyl (C=O) groups excluding carboxylic acids is 1. The van der Waals surface area contributed by atoms with Gasteiger partial charge in [-0.05, 0) is 90.0 Å². The van der Waals surface area contributed by atoms with E-state index >= 15 is 0 Å². The van der Waals surface area contributed by atoms with Crippen molar-refractivity contribution in [1.82, 2.24) is 9.80 Å². The Balaban J connectivity index is 1.62. The predicted molar refractivity (Wildman–Crippen MR) is 139 cm³/mol. The molecule has 0 saturated carbocycles. The minimum atomic E-state index is 0.0893. The van der Waals surface area contributed by atoms with Gasteiger partial charge in [0, 0.05) is 44.0 Å². The number of hydrogen-bond donors (Lipinski definition) is 1. The first kappa shape index (κ1) is 23.3. The van der Waals surface area contributed by atoms with E-state index in [-0.39, 0.29) is 5.91 Å². The van der Waals surface area contributed by atoms with Crippen LogP contribution in [0.4, 0.5) is 5.69 Å². The summed E-state index contributed by atoms with van der Waals surface area (Å²) in [5.41, 5.74) is 14.1. The summed E-state index contributed by atoms with van der Waals surface area (Å²) in [7, 11) is 0. The number of nitrogens with two attached hydrogens (primary N) is 1. The molecule has 5 heteroatoms. The highest BCUT2D eigenvalue weighted by atomic mass is 32.1. The van der Waals surface area contributed by atoms with Gasteiger partial charge in [-0.3, -0.25) is 9.69 Å². The Labute approximate surface area is 201 Å². The Morgan fingerprint density at radius 2 is 1.67 bits per heavy atom. The van der Waals surface area contributed by atoms with Crippen molar-refractivity contribution in [3.05, 3.63) is 93.2 Å². The van der Waals surface area contributed by atoms with Crippen LogP contribution in [0.3, 0.4) is 0 Å². The minimum Gasteiger partial charge on any atom is -0.399 e. The van der Waals surface area contributed by atoms with Crippen molar-refractivity contribution in [2.75, 3.05) is 31.9 Å². The Morgan fingerprint density at radius 1 is 0.970 bits per heavy atom. The summed E-state index contributed by atoms with van der Waals surface area (Å²) in [6.07, 6.45) is 2.07. The number of nitrogen functional groups attached to an aromatic ring is 1. The molecule has 1 fully saturated rings. The van der Waals surface area contributed by atoms with E-state index in [4.69, 9.17) is 5.73 Å². The van der Waals surface area contributed by atoms with Gasteiger partial charge in [-0.1, -0.05) is 29.8 Å². The van der Waals surface area contributed by atoms with Crippen LogP contribution in [0.15, 0.2) is 70.9 Å². The molecule has 0 bridgehead atoms. The highest BCUT2D eigenvalue weighted by molar-refractivity contribution is 7.07. The Kier molecular flexibility index (Phi) is 7.63. The molecule has 33 heavy (non-hydrogen) atoms. The van der Waals surface area contributed by atoms with Crippen LogP contribution in [0.2, 0.25) is 0 Å². The number of piperidine rings is 1. The lowest BCUT2D eigenvalue weighted by Gasteiger charge is -2.30. The molecule has 4 rings (SSSR count). The largest absolute Gasteiger partial charge is 0.399 e. The van der Waals surface area contributed by atoms with E-state index < -0.39 is 0 Å². The molecule has 0 spiro atoms. The van der Waals surface area contributed by atoms with Crippen molar-refractivity contribution in [2.24, 2.45) is 0 Å². The number of hydrogen-bond acceptors (Lipinski definition) is 4. The zero-order valence-electron chi connectivity index (χ0n) is 19.6. The summed E-state index contributed by atoms with van der Waals surface area (Å²) < 4.78 is 0. The lowest BCUT2D eigenvalue weighted by Crippen LogP contribution is -2.30. The lowest BCUT2D eigenvalue weighted by atomic mass is 9.87. The molecular formula is C28H33N3OS. The molecule has 0 atom stereocenters. The average molecular weight is 460 g/mol. The third-order valence-electron chi connectivity index (χ3n) is 6.45. The quantitative estimate of drug-likeness (QED) is 0.447. The molecule has 0 aliphatic carbocycles. The first-order valence-corrected chi connectivity index (χ1v) is 12.7. The van der Waals surface area contributed by atoms with Crippen molar-refractivity contribution in [3.8, 4) is 0 Å². The maximum Gasteiger partial charge on any atom is 0.253 e. The van der Waals surface area contributed by atoms with Crippen molar-refractivity contribution in [2.45, 2.75) is 33.2 Å². The summed E-state index contributed by atoms with van der Waals surface area (Å²) in [6.45, 7) is 8.60. The third-order valence-corrected chi connectivity index (χ3v) is 7.18. The molecule has 1 aromatic heterocycles. The second kappa shape index (κ2) is 10.8. The summed E-state index contributed by atoms with van der Waals surface area (Å²) in [5.74, 6) is 0.0893. The summed E-state index contributed by atoms with van der Waals surface area (Å²) in [4.78, 5) is 17.2. The fourth-order valence-corrected chi connectivity index (χ4v) is 5.27. The topological polar surface area (TPSA) is 49.6 Å². The van der Waals surface area contributed by atoms with Crippen LogP contribution in [-0.2, 0) is 6.54 Å². The maximum atomic E-state index is 12.8. The van der Waals surface area contributed by atoms with Gasteiger partial charge in [0.05, 0.1) is 0 Å². The van der Waals surface area contributed by atoms with Crippen LogP contribution >= 0.6 is 11.3 Å². The number of thiophene rings is 1. The van der Waals surface area contributed by atoms with E-state index in [9.17, 15) is 4.79 Å². The van der Waals surface area contributed by atoms with Gasteiger partial charge in [0.15, 0.2) is 0 Å². The standard InChI is InChI=1S/C28H33N3OS/c1-3-31(4-2)28(32)24-10-8-22(9-11-24)27(25-6-5-7-26(29)18-25)23-12-15-30(16-13-23)19-21-14-17-33-20-21/h5-11,14,17-18,20H,3-4,12-13,15-16,19,29H2,1-2H3.